The van der Waals surface area contributed by atoms with Crippen LogP contribution in [0.15, 0.2) is 39.2 Å². The highest BCUT2D eigenvalue weighted by Gasteiger charge is 2.28. The second kappa shape index (κ2) is 26.8. The van der Waals surface area contributed by atoms with Gasteiger partial charge in [-0.15, -0.1) is 0 Å². The molecule has 2 aliphatic carbocycles. The Morgan fingerprint density at radius 3 is 1.56 bits per heavy atom. The average Bonchev–Trinajstić information content (AvgIpc) is 3.87. The Kier molecular flexibility index (Phi) is 21.3. The van der Waals surface area contributed by atoms with E-state index in [-0.39, 0.29) is 60.2 Å². The largest absolute Gasteiger partial charge is 0.480 e. The minimum absolute atomic E-state index is 0.00267. The third-order valence-corrected chi connectivity index (χ3v) is 11.6. The van der Waals surface area contributed by atoms with Gasteiger partial charge in [0, 0.05) is 24.7 Å². The molecule has 2 aromatic heterocycles. The number of carboxylic acids is 2. The van der Waals surface area contributed by atoms with Crippen LogP contribution in [0, 0.1) is 25.7 Å². The Hall–Kier alpha value is -5.62. The number of nitrogens with one attached hydrogen (secondary N) is 4. The fraction of sp³-hybridized carbons (Fsp3) is 0.600. The molecule has 0 spiro atoms. The van der Waals surface area contributed by atoms with Gasteiger partial charge in [0.2, 0.25) is 11.8 Å². The quantitative estimate of drug-likeness (QED) is 0.0382. The van der Waals surface area contributed by atoms with Crippen molar-refractivity contribution in [3.8, 4) is 0 Å². The first-order valence-electron chi connectivity index (χ1n) is 22.1. The second-order valence-corrected chi connectivity index (χ2v) is 16.6. The van der Waals surface area contributed by atoms with Crippen molar-refractivity contribution in [2.24, 2.45) is 11.8 Å². The molecule has 5 rings (SSSR count). The fourth-order valence-corrected chi connectivity index (χ4v) is 8.28. The van der Waals surface area contributed by atoms with Gasteiger partial charge in [-0.05, 0) is 44.1 Å². The number of aromatic nitrogens is 2. The van der Waals surface area contributed by atoms with Gasteiger partial charge in [-0.1, -0.05) is 120 Å². The number of amides is 4. The number of oxazole rings is 2. The molecular formula is C45H64N6O12. The Bertz CT molecular complexity index is 1920. The van der Waals surface area contributed by atoms with Gasteiger partial charge < -0.3 is 29.7 Å². The van der Waals surface area contributed by atoms with Crippen molar-refractivity contribution in [3.63, 3.8) is 0 Å². The van der Waals surface area contributed by atoms with Crippen LogP contribution < -0.4 is 21.6 Å². The summed E-state index contributed by atoms with van der Waals surface area (Å²) < 4.78 is 11.4. The third kappa shape index (κ3) is 17.9. The molecule has 2 aliphatic rings. The Morgan fingerprint density at radius 2 is 1.13 bits per heavy atom. The number of nitrogens with zero attached hydrogens (tertiary/aromatic N) is 2. The molecular weight excluding hydrogens is 817 g/mol. The minimum Gasteiger partial charge on any atom is -0.480 e. The molecule has 2 heterocycles. The maximum absolute atomic E-state index is 12.6. The van der Waals surface area contributed by atoms with E-state index in [1.807, 2.05) is 30.3 Å². The molecule has 2 atom stereocenters. The zero-order valence-corrected chi connectivity index (χ0v) is 36.5. The first-order valence-corrected chi connectivity index (χ1v) is 22.1. The number of carboxylic acid groups (broad SMARTS) is 2. The van der Waals surface area contributed by atoms with Crippen LogP contribution in [0.25, 0.3) is 0 Å². The van der Waals surface area contributed by atoms with Crippen molar-refractivity contribution in [2.75, 3.05) is 13.1 Å². The van der Waals surface area contributed by atoms with E-state index in [0.717, 1.165) is 37.2 Å². The summed E-state index contributed by atoms with van der Waals surface area (Å²) in [5, 5.41) is 30.9. The van der Waals surface area contributed by atoms with Crippen LogP contribution in [0.5, 0.6) is 0 Å². The number of hydroxylamine groups is 2. The highest BCUT2D eigenvalue weighted by atomic mass is 16.6. The zero-order valence-electron chi connectivity index (χ0n) is 36.5. The summed E-state index contributed by atoms with van der Waals surface area (Å²) >= 11 is 0. The minimum atomic E-state index is -1.16. The lowest BCUT2D eigenvalue weighted by molar-refractivity contribution is -0.136. The van der Waals surface area contributed by atoms with Crippen molar-refractivity contribution in [2.45, 2.75) is 148 Å². The molecule has 7 N–H and O–H groups in total. The summed E-state index contributed by atoms with van der Waals surface area (Å²) in [6.07, 6.45) is 18.2. The third-order valence-electron chi connectivity index (χ3n) is 11.6. The van der Waals surface area contributed by atoms with Crippen LogP contribution in [-0.4, -0.2) is 74.0 Å². The molecule has 63 heavy (non-hydrogen) atoms. The van der Waals surface area contributed by atoms with E-state index in [1.165, 1.54) is 64.2 Å². The normalized spacial score (nSPS) is 15.3. The Balaban J connectivity index is 0.000000284. The van der Waals surface area contributed by atoms with E-state index in [2.05, 4.69) is 26.1 Å². The SMILES string of the molecule is Cc1oc([C@H](CCCC2CCCCC2)CC(=O)NO)nc1C(=O)NCC(=O)O.Cc1oc([C@H](CCCC2CCCCC2)CC(=O)NOCc2ccccc2)nc1C(=O)NCC(=O)O. The van der Waals surface area contributed by atoms with E-state index in [4.69, 9.17) is 29.1 Å². The number of hydrogen-bond donors (Lipinski definition) is 7. The first-order chi connectivity index (χ1) is 30.3. The molecule has 2 saturated carbocycles. The topological polar surface area (TPSA) is 273 Å². The standard InChI is InChI=1S/C26H35N3O6.C19H29N3O6/c1-18-24(25(33)27-16-23(31)32)28-26(35-18)21(14-8-13-19-9-4-2-5-10-19)15-22(30)29-34-17-20-11-6-3-7-12-20;1-12-17(18(26)20-11-16(24)25)21-19(28-12)14(10-15(23)22-27)9-5-8-13-6-3-2-4-7-13/h3,6-7,11-12,19,21H,2,4-5,8-10,13-17H2,1H3,(H,27,33)(H,29,30)(H,31,32);13-14,27H,2-11H2,1H3,(H,20,26)(H,22,23)(H,24,25)/t21-;14-/m11/s1. The smallest absolute Gasteiger partial charge is 0.322 e. The summed E-state index contributed by atoms with van der Waals surface area (Å²) in [7, 11) is 0. The molecule has 4 amide bonds. The molecule has 0 radical (unpaired) electrons. The van der Waals surface area contributed by atoms with Gasteiger partial charge in [0.05, 0.1) is 6.61 Å². The molecule has 18 nitrogen and oxygen atoms in total. The lowest BCUT2D eigenvalue weighted by Crippen LogP contribution is -2.30. The number of hydrogen-bond acceptors (Lipinski definition) is 12. The van der Waals surface area contributed by atoms with Crippen LogP contribution in [0.4, 0.5) is 0 Å². The van der Waals surface area contributed by atoms with Gasteiger partial charge in [-0.25, -0.2) is 20.9 Å². The predicted octanol–water partition coefficient (Wildman–Crippen LogP) is 6.80. The highest BCUT2D eigenvalue weighted by Crippen LogP contribution is 2.33. The molecule has 0 unspecified atom stereocenters. The van der Waals surface area contributed by atoms with Crippen LogP contribution >= 0.6 is 0 Å². The number of benzene rings is 1. The lowest BCUT2D eigenvalue weighted by atomic mass is 9.84. The van der Waals surface area contributed by atoms with Gasteiger partial charge in [0.15, 0.2) is 23.2 Å². The summed E-state index contributed by atoms with van der Waals surface area (Å²) in [6, 6.07) is 9.53. The van der Waals surface area contributed by atoms with Crippen molar-refractivity contribution < 1.29 is 57.9 Å². The van der Waals surface area contributed by atoms with Gasteiger partial charge in [-0.2, -0.15) is 0 Å². The van der Waals surface area contributed by atoms with Gasteiger partial charge in [0.25, 0.3) is 11.8 Å². The molecule has 0 saturated heterocycles. The van der Waals surface area contributed by atoms with Crippen LogP contribution in [0.2, 0.25) is 0 Å². The molecule has 18 heteroatoms. The zero-order chi connectivity index (χ0) is 45.6. The Morgan fingerprint density at radius 1 is 0.683 bits per heavy atom. The summed E-state index contributed by atoms with van der Waals surface area (Å²) in [5.41, 5.74) is 5.12. The van der Waals surface area contributed by atoms with E-state index in [0.29, 0.717) is 30.4 Å². The van der Waals surface area contributed by atoms with Crippen LogP contribution in [0.1, 0.15) is 177 Å². The Labute approximate surface area is 367 Å². The second-order valence-electron chi connectivity index (χ2n) is 16.6. The molecule has 0 aliphatic heterocycles. The number of aliphatic carboxylic acids is 2. The maximum Gasteiger partial charge on any atom is 0.322 e. The van der Waals surface area contributed by atoms with E-state index >= 15 is 0 Å². The molecule has 3 aromatic rings. The monoisotopic (exact) mass is 880 g/mol. The molecule has 0 bridgehead atoms. The summed E-state index contributed by atoms with van der Waals surface area (Å²) in [5.74, 6) is -2.53. The van der Waals surface area contributed by atoms with Crippen molar-refractivity contribution in [1.82, 2.24) is 31.6 Å². The van der Waals surface area contributed by atoms with Crippen molar-refractivity contribution in [1.29, 1.82) is 0 Å². The van der Waals surface area contributed by atoms with E-state index in [1.54, 1.807) is 19.3 Å². The first kappa shape index (κ1) is 50.0. The molecule has 346 valence electrons. The number of rotatable bonds is 23. The van der Waals surface area contributed by atoms with Crippen LogP contribution in [0.3, 0.4) is 0 Å². The fourth-order valence-electron chi connectivity index (χ4n) is 8.28. The highest BCUT2D eigenvalue weighted by molar-refractivity contribution is 5.95. The van der Waals surface area contributed by atoms with Gasteiger partial charge in [-0.3, -0.25) is 38.8 Å². The average molecular weight is 881 g/mol. The molecule has 1 aromatic carbocycles. The van der Waals surface area contributed by atoms with Crippen molar-refractivity contribution in [3.05, 3.63) is 70.6 Å². The summed E-state index contributed by atoms with van der Waals surface area (Å²) in [6.45, 7) is 2.40. The summed E-state index contributed by atoms with van der Waals surface area (Å²) in [4.78, 5) is 84.0. The van der Waals surface area contributed by atoms with Gasteiger partial charge in [0.1, 0.15) is 24.6 Å². The number of carbonyl (C=O) groups excluding carboxylic acids is 4. The predicted molar refractivity (Wildman–Crippen MR) is 227 cm³/mol. The number of aryl methyl sites for hydroxylation is 2. The van der Waals surface area contributed by atoms with Crippen molar-refractivity contribution >= 4 is 35.6 Å². The van der Waals surface area contributed by atoms with E-state index < -0.39 is 42.7 Å². The van der Waals surface area contributed by atoms with Crippen LogP contribution in [-0.2, 0) is 30.6 Å². The maximum atomic E-state index is 12.6. The van der Waals surface area contributed by atoms with E-state index in [9.17, 15) is 28.8 Å². The number of carbonyl (C=O) groups is 6. The lowest BCUT2D eigenvalue weighted by Gasteiger charge is -2.22. The van der Waals surface area contributed by atoms with Gasteiger partial charge >= 0.3 is 11.9 Å². The molecule has 2 fully saturated rings.